The summed E-state index contributed by atoms with van der Waals surface area (Å²) >= 11 is 0. The third kappa shape index (κ3) is 6.50. The van der Waals surface area contributed by atoms with E-state index in [1.165, 1.54) is 0 Å². The molecule has 0 radical (unpaired) electrons. The zero-order chi connectivity index (χ0) is 13.4. The van der Waals surface area contributed by atoms with Crippen LogP contribution < -0.4 is 14.8 Å². The van der Waals surface area contributed by atoms with E-state index >= 15 is 0 Å². The molecule has 18 heavy (non-hydrogen) atoms. The van der Waals surface area contributed by atoms with Crippen molar-refractivity contribution in [3.05, 3.63) is 24.3 Å². The molecule has 102 valence electrons. The fraction of sp³-hybridized carbons (Fsp3) is 0.600. The van der Waals surface area contributed by atoms with Gasteiger partial charge in [-0.2, -0.15) is 0 Å². The van der Waals surface area contributed by atoms with Crippen LogP contribution in [0.4, 0.5) is 0 Å². The summed E-state index contributed by atoms with van der Waals surface area (Å²) in [6.07, 6.45) is 1.02. The Labute approximate surface area is 110 Å². The lowest BCUT2D eigenvalue weighted by Crippen LogP contribution is -2.38. The van der Waals surface area contributed by atoms with Gasteiger partial charge in [0.15, 0.2) is 0 Å². The van der Waals surface area contributed by atoms with Gasteiger partial charge in [0.05, 0.1) is 6.61 Å². The van der Waals surface area contributed by atoms with Crippen LogP contribution in [0.2, 0.25) is 0 Å². The number of hydrogen-bond acceptors (Lipinski definition) is 3. The Morgan fingerprint density at radius 2 is 1.44 bits per heavy atom. The molecule has 0 aromatic heterocycles. The smallest absolute Gasteiger partial charge is 0.119 e. The lowest BCUT2D eigenvalue weighted by Gasteiger charge is -2.20. The summed E-state index contributed by atoms with van der Waals surface area (Å²) in [5, 5.41) is 3.38. The van der Waals surface area contributed by atoms with Gasteiger partial charge in [-0.15, -0.1) is 0 Å². The molecule has 0 saturated heterocycles. The maximum absolute atomic E-state index is 5.64. The van der Waals surface area contributed by atoms with Gasteiger partial charge in [0.2, 0.25) is 0 Å². The second-order valence-corrected chi connectivity index (χ2v) is 5.35. The van der Waals surface area contributed by atoms with Crippen molar-refractivity contribution in [2.45, 2.75) is 39.7 Å². The molecule has 0 heterocycles. The second kappa shape index (κ2) is 7.27. The van der Waals surface area contributed by atoms with E-state index in [-0.39, 0.29) is 5.54 Å². The fourth-order valence-electron chi connectivity index (χ4n) is 1.45. The molecule has 0 atom stereocenters. The third-order valence-corrected chi connectivity index (χ3v) is 2.32. The molecular formula is C15H25NO2. The van der Waals surface area contributed by atoms with Crippen molar-refractivity contribution in [1.82, 2.24) is 5.32 Å². The highest BCUT2D eigenvalue weighted by Gasteiger charge is 2.07. The van der Waals surface area contributed by atoms with E-state index in [4.69, 9.17) is 9.47 Å². The molecule has 0 unspecified atom stereocenters. The van der Waals surface area contributed by atoms with E-state index in [2.05, 4.69) is 33.0 Å². The van der Waals surface area contributed by atoms with Gasteiger partial charge in [-0.3, -0.25) is 0 Å². The predicted octanol–water partition coefficient (Wildman–Crippen LogP) is 3.24. The van der Waals surface area contributed by atoms with Gasteiger partial charge >= 0.3 is 0 Å². The molecule has 0 aliphatic heterocycles. The molecule has 1 aromatic rings. The predicted molar refractivity (Wildman–Crippen MR) is 75.5 cm³/mol. The molecular weight excluding hydrogens is 226 g/mol. The maximum atomic E-state index is 5.64. The zero-order valence-electron chi connectivity index (χ0n) is 12.0. The van der Waals surface area contributed by atoms with Crippen molar-refractivity contribution >= 4 is 0 Å². The van der Waals surface area contributed by atoms with Crippen molar-refractivity contribution in [3.8, 4) is 11.5 Å². The highest BCUT2D eigenvalue weighted by molar-refractivity contribution is 5.31. The van der Waals surface area contributed by atoms with Crippen LogP contribution in [0.5, 0.6) is 11.5 Å². The van der Waals surface area contributed by atoms with E-state index in [0.29, 0.717) is 6.61 Å². The van der Waals surface area contributed by atoms with Crippen LogP contribution in [-0.4, -0.2) is 25.3 Å². The third-order valence-electron chi connectivity index (χ3n) is 2.32. The van der Waals surface area contributed by atoms with Crippen LogP contribution in [0.15, 0.2) is 24.3 Å². The largest absolute Gasteiger partial charge is 0.494 e. The van der Waals surface area contributed by atoms with Gasteiger partial charge in [0, 0.05) is 12.1 Å². The van der Waals surface area contributed by atoms with E-state index in [0.717, 1.165) is 31.1 Å². The van der Waals surface area contributed by atoms with Crippen molar-refractivity contribution in [1.29, 1.82) is 0 Å². The molecule has 1 rings (SSSR count). The highest BCUT2D eigenvalue weighted by Crippen LogP contribution is 2.17. The molecule has 0 amide bonds. The molecule has 0 aliphatic carbocycles. The van der Waals surface area contributed by atoms with Gasteiger partial charge in [-0.25, -0.2) is 0 Å². The van der Waals surface area contributed by atoms with Gasteiger partial charge < -0.3 is 14.8 Å². The standard InChI is InChI=1S/C15H25NO2/c1-5-11-17-13-6-8-14(9-7-13)18-12-10-16-15(2,3)4/h6-9,16H,5,10-12H2,1-4H3. The summed E-state index contributed by atoms with van der Waals surface area (Å²) in [4.78, 5) is 0. The number of hydrogen-bond donors (Lipinski definition) is 1. The van der Waals surface area contributed by atoms with Gasteiger partial charge in [0.25, 0.3) is 0 Å². The number of benzene rings is 1. The Hall–Kier alpha value is -1.22. The quantitative estimate of drug-likeness (QED) is 0.755. The Morgan fingerprint density at radius 3 is 1.89 bits per heavy atom. The first-order valence-electron chi connectivity index (χ1n) is 6.62. The number of rotatable bonds is 7. The molecule has 0 bridgehead atoms. The van der Waals surface area contributed by atoms with Crippen LogP contribution >= 0.6 is 0 Å². The molecule has 3 heteroatoms. The topological polar surface area (TPSA) is 30.5 Å². The normalized spacial score (nSPS) is 11.3. The number of ether oxygens (including phenoxy) is 2. The monoisotopic (exact) mass is 251 g/mol. The molecule has 3 nitrogen and oxygen atoms in total. The fourth-order valence-corrected chi connectivity index (χ4v) is 1.45. The minimum absolute atomic E-state index is 0.140. The first kappa shape index (κ1) is 14.8. The minimum Gasteiger partial charge on any atom is -0.494 e. The molecule has 1 N–H and O–H groups in total. The zero-order valence-corrected chi connectivity index (χ0v) is 12.0. The second-order valence-electron chi connectivity index (χ2n) is 5.35. The van der Waals surface area contributed by atoms with Crippen LogP contribution in [0.25, 0.3) is 0 Å². The minimum atomic E-state index is 0.140. The van der Waals surface area contributed by atoms with Gasteiger partial charge in [-0.05, 0) is 51.5 Å². The summed E-state index contributed by atoms with van der Waals surface area (Å²) < 4.78 is 11.2. The summed E-state index contributed by atoms with van der Waals surface area (Å²) in [5.74, 6) is 1.78. The van der Waals surface area contributed by atoms with E-state index < -0.39 is 0 Å². The van der Waals surface area contributed by atoms with E-state index in [1.54, 1.807) is 0 Å². The van der Waals surface area contributed by atoms with E-state index in [1.807, 2.05) is 24.3 Å². The summed E-state index contributed by atoms with van der Waals surface area (Å²) in [6.45, 7) is 10.8. The number of nitrogens with one attached hydrogen (secondary N) is 1. The first-order valence-corrected chi connectivity index (χ1v) is 6.62. The van der Waals surface area contributed by atoms with Crippen LogP contribution in [0, 0.1) is 0 Å². The average molecular weight is 251 g/mol. The van der Waals surface area contributed by atoms with E-state index in [9.17, 15) is 0 Å². The Morgan fingerprint density at radius 1 is 0.944 bits per heavy atom. The van der Waals surface area contributed by atoms with Gasteiger partial charge in [0.1, 0.15) is 18.1 Å². The lowest BCUT2D eigenvalue weighted by atomic mass is 10.1. The molecule has 1 aromatic carbocycles. The lowest BCUT2D eigenvalue weighted by molar-refractivity contribution is 0.289. The highest BCUT2D eigenvalue weighted by atomic mass is 16.5. The van der Waals surface area contributed by atoms with Crippen LogP contribution in [-0.2, 0) is 0 Å². The van der Waals surface area contributed by atoms with Crippen molar-refractivity contribution in [2.24, 2.45) is 0 Å². The van der Waals surface area contributed by atoms with Gasteiger partial charge in [-0.1, -0.05) is 6.92 Å². The van der Waals surface area contributed by atoms with Crippen LogP contribution in [0.1, 0.15) is 34.1 Å². The summed E-state index contributed by atoms with van der Waals surface area (Å²) in [7, 11) is 0. The summed E-state index contributed by atoms with van der Waals surface area (Å²) in [6, 6.07) is 7.79. The van der Waals surface area contributed by atoms with Crippen molar-refractivity contribution in [3.63, 3.8) is 0 Å². The average Bonchev–Trinajstić information content (AvgIpc) is 2.32. The Balaban J connectivity index is 2.26. The Kier molecular flexibility index (Phi) is 5.99. The Bertz CT molecular complexity index is 327. The SMILES string of the molecule is CCCOc1ccc(OCCNC(C)(C)C)cc1. The van der Waals surface area contributed by atoms with Crippen LogP contribution in [0.3, 0.4) is 0 Å². The molecule has 0 fully saturated rings. The van der Waals surface area contributed by atoms with Crippen molar-refractivity contribution in [2.75, 3.05) is 19.8 Å². The maximum Gasteiger partial charge on any atom is 0.119 e. The first-order chi connectivity index (χ1) is 8.51. The van der Waals surface area contributed by atoms with Crippen molar-refractivity contribution < 1.29 is 9.47 Å². The molecule has 0 spiro atoms. The molecule has 0 saturated carbocycles. The summed E-state index contributed by atoms with van der Waals surface area (Å²) in [5.41, 5.74) is 0.140. The molecule has 0 aliphatic rings.